The normalized spacial score (nSPS) is 18.8. The van der Waals surface area contributed by atoms with Crippen molar-refractivity contribution in [1.29, 1.82) is 0 Å². The van der Waals surface area contributed by atoms with Gasteiger partial charge in [0.25, 0.3) is 0 Å². The number of hydrogen-bond acceptors (Lipinski definition) is 3. The molecule has 0 aromatic carbocycles. The Bertz CT molecular complexity index is 360. The Labute approximate surface area is 110 Å². The van der Waals surface area contributed by atoms with Gasteiger partial charge in [0, 0.05) is 25.6 Å². The van der Waals surface area contributed by atoms with Crippen LogP contribution in [0.4, 0.5) is 0 Å². The van der Waals surface area contributed by atoms with E-state index < -0.39 is 10.0 Å². The molecule has 6 heteroatoms. The van der Waals surface area contributed by atoms with Crippen molar-refractivity contribution in [2.75, 3.05) is 18.8 Å². The highest BCUT2D eigenvalue weighted by Gasteiger charge is 2.27. The number of piperidine rings is 1. The second-order valence-corrected chi connectivity index (χ2v) is 7.00. The van der Waals surface area contributed by atoms with E-state index in [-0.39, 0.29) is 17.7 Å². The zero-order valence-corrected chi connectivity index (χ0v) is 12.1. The maximum Gasteiger partial charge on any atom is 0.220 e. The summed E-state index contributed by atoms with van der Waals surface area (Å²) in [6, 6.07) is 0.137. The van der Waals surface area contributed by atoms with E-state index in [4.69, 9.17) is 0 Å². The predicted octanol–water partition coefficient (Wildman–Crippen LogP) is 1.11. The molecule has 0 unspecified atom stereocenters. The highest BCUT2D eigenvalue weighted by molar-refractivity contribution is 7.89. The Hall–Kier alpha value is -0.620. The molecule has 0 aromatic rings. The lowest BCUT2D eigenvalue weighted by Crippen LogP contribution is -2.46. The Kier molecular flexibility index (Phi) is 6.08. The molecule has 1 saturated heterocycles. The van der Waals surface area contributed by atoms with Crippen molar-refractivity contribution in [2.45, 2.75) is 52.0 Å². The summed E-state index contributed by atoms with van der Waals surface area (Å²) in [7, 11) is -3.07. The molecule has 1 N–H and O–H groups in total. The second kappa shape index (κ2) is 7.09. The molecule has 0 aliphatic carbocycles. The van der Waals surface area contributed by atoms with Crippen molar-refractivity contribution in [2.24, 2.45) is 0 Å². The van der Waals surface area contributed by atoms with Gasteiger partial charge in [0.1, 0.15) is 0 Å². The standard InChI is InChI=1S/C12H24N2O3S/c1-3-5-6-12(15)13-11-7-9-14(10-8-11)18(16,17)4-2/h11H,3-10H2,1-2H3,(H,13,15). The van der Waals surface area contributed by atoms with Gasteiger partial charge in [-0.1, -0.05) is 13.3 Å². The number of amides is 1. The Morgan fingerprint density at radius 2 is 1.89 bits per heavy atom. The molecular formula is C12H24N2O3S. The van der Waals surface area contributed by atoms with Crippen LogP contribution in [0.15, 0.2) is 0 Å². The van der Waals surface area contributed by atoms with E-state index in [1.165, 1.54) is 4.31 Å². The molecule has 1 aliphatic rings. The van der Waals surface area contributed by atoms with Gasteiger partial charge in [0.05, 0.1) is 5.75 Å². The van der Waals surface area contributed by atoms with Gasteiger partial charge in [0.15, 0.2) is 0 Å². The fourth-order valence-electron chi connectivity index (χ4n) is 2.10. The zero-order valence-electron chi connectivity index (χ0n) is 11.3. The number of rotatable bonds is 6. The fraction of sp³-hybridized carbons (Fsp3) is 0.917. The molecule has 0 radical (unpaired) electrons. The minimum absolute atomic E-state index is 0.0913. The van der Waals surface area contributed by atoms with E-state index in [2.05, 4.69) is 12.2 Å². The summed E-state index contributed by atoms with van der Waals surface area (Å²) in [4.78, 5) is 11.6. The van der Waals surface area contributed by atoms with Crippen LogP contribution in [-0.4, -0.2) is 43.5 Å². The number of nitrogens with one attached hydrogen (secondary N) is 1. The van der Waals surface area contributed by atoms with Crippen LogP contribution in [0.3, 0.4) is 0 Å². The number of carbonyl (C=O) groups excluding carboxylic acids is 1. The predicted molar refractivity (Wildman–Crippen MR) is 71.7 cm³/mol. The minimum atomic E-state index is -3.07. The second-order valence-electron chi connectivity index (χ2n) is 4.74. The summed E-state index contributed by atoms with van der Waals surface area (Å²) in [6.45, 7) is 4.76. The monoisotopic (exact) mass is 276 g/mol. The third kappa shape index (κ3) is 4.57. The fourth-order valence-corrected chi connectivity index (χ4v) is 3.23. The smallest absolute Gasteiger partial charge is 0.220 e. The van der Waals surface area contributed by atoms with Crippen LogP contribution in [0.25, 0.3) is 0 Å². The van der Waals surface area contributed by atoms with Gasteiger partial charge in [0.2, 0.25) is 15.9 Å². The zero-order chi connectivity index (χ0) is 13.6. The molecule has 1 heterocycles. The van der Waals surface area contributed by atoms with Gasteiger partial charge in [-0.15, -0.1) is 0 Å². The Morgan fingerprint density at radius 1 is 1.28 bits per heavy atom. The third-order valence-corrected chi connectivity index (χ3v) is 5.22. The molecule has 0 saturated carbocycles. The largest absolute Gasteiger partial charge is 0.353 e. The number of nitrogens with zero attached hydrogens (tertiary/aromatic N) is 1. The van der Waals surface area contributed by atoms with Crippen molar-refractivity contribution in [3.8, 4) is 0 Å². The van der Waals surface area contributed by atoms with Crippen molar-refractivity contribution in [3.63, 3.8) is 0 Å². The van der Waals surface area contributed by atoms with Crippen molar-refractivity contribution >= 4 is 15.9 Å². The molecule has 0 atom stereocenters. The van der Waals surface area contributed by atoms with E-state index >= 15 is 0 Å². The van der Waals surface area contributed by atoms with Crippen LogP contribution in [0, 0.1) is 0 Å². The average molecular weight is 276 g/mol. The molecule has 18 heavy (non-hydrogen) atoms. The maximum atomic E-state index is 11.7. The highest BCUT2D eigenvalue weighted by atomic mass is 32.2. The van der Waals surface area contributed by atoms with E-state index in [0.717, 1.165) is 25.7 Å². The molecule has 5 nitrogen and oxygen atoms in total. The topological polar surface area (TPSA) is 66.5 Å². The summed E-state index contributed by atoms with van der Waals surface area (Å²) in [5.74, 6) is 0.245. The molecule has 0 spiro atoms. The molecule has 1 amide bonds. The first-order valence-corrected chi connectivity index (χ1v) is 8.37. The molecule has 1 aliphatic heterocycles. The summed E-state index contributed by atoms with van der Waals surface area (Å²) in [6.07, 6.45) is 3.94. The van der Waals surface area contributed by atoms with Crippen LogP contribution in [0.2, 0.25) is 0 Å². The summed E-state index contributed by atoms with van der Waals surface area (Å²) >= 11 is 0. The summed E-state index contributed by atoms with van der Waals surface area (Å²) < 4.78 is 24.9. The van der Waals surface area contributed by atoms with E-state index in [0.29, 0.717) is 19.5 Å². The lowest BCUT2D eigenvalue weighted by atomic mass is 10.1. The first-order chi connectivity index (χ1) is 8.49. The van der Waals surface area contributed by atoms with E-state index in [9.17, 15) is 13.2 Å². The molecule has 0 aromatic heterocycles. The van der Waals surface area contributed by atoms with Gasteiger partial charge in [-0.2, -0.15) is 0 Å². The van der Waals surface area contributed by atoms with Crippen molar-refractivity contribution in [3.05, 3.63) is 0 Å². The minimum Gasteiger partial charge on any atom is -0.353 e. The highest BCUT2D eigenvalue weighted by Crippen LogP contribution is 2.14. The average Bonchev–Trinajstić information content (AvgIpc) is 2.37. The van der Waals surface area contributed by atoms with Gasteiger partial charge < -0.3 is 5.32 Å². The van der Waals surface area contributed by atoms with Crippen LogP contribution in [0.1, 0.15) is 46.0 Å². The third-order valence-electron chi connectivity index (χ3n) is 3.33. The molecular weight excluding hydrogens is 252 g/mol. The van der Waals surface area contributed by atoms with Crippen LogP contribution in [-0.2, 0) is 14.8 Å². The van der Waals surface area contributed by atoms with Gasteiger partial charge in [-0.25, -0.2) is 12.7 Å². The quantitative estimate of drug-likeness (QED) is 0.790. The first-order valence-electron chi connectivity index (χ1n) is 6.76. The Morgan fingerprint density at radius 3 is 2.39 bits per heavy atom. The van der Waals surface area contributed by atoms with Gasteiger partial charge in [-0.05, 0) is 26.2 Å². The van der Waals surface area contributed by atoms with Gasteiger partial charge in [-0.3, -0.25) is 4.79 Å². The van der Waals surface area contributed by atoms with Crippen molar-refractivity contribution in [1.82, 2.24) is 9.62 Å². The number of unbranched alkanes of at least 4 members (excludes halogenated alkanes) is 1. The Balaban J connectivity index is 2.34. The van der Waals surface area contributed by atoms with Gasteiger partial charge >= 0.3 is 0 Å². The molecule has 1 fully saturated rings. The SMILES string of the molecule is CCCCC(=O)NC1CCN(S(=O)(=O)CC)CC1. The summed E-state index contributed by atoms with van der Waals surface area (Å²) in [5, 5.41) is 2.98. The maximum absolute atomic E-state index is 11.7. The van der Waals surface area contributed by atoms with E-state index in [1.54, 1.807) is 6.92 Å². The summed E-state index contributed by atoms with van der Waals surface area (Å²) in [5.41, 5.74) is 0. The molecule has 1 rings (SSSR count). The lowest BCUT2D eigenvalue weighted by molar-refractivity contribution is -0.122. The van der Waals surface area contributed by atoms with Crippen molar-refractivity contribution < 1.29 is 13.2 Å². The molecule has 0 bridgehead atoms. The van der Waals surface area contributed by atoms with Crippen LogP contribution >= 0.6 is 0 Å². The lowest BCUT2D eigenvalue weighted by Gasteiger charge is -2.31. The number of carbonyl (C=O) groups is 1. The number of hydrogen-bond donors (Lipinski definition) is 1. The number of sulfonamides is 1. The van der Waals surface area contributed by atoms with E-state index in [1.807, 2.05) is 0 Å². The molecule has 106 valence electrons. The van der Waals surface area contributed by atoms with Crippen LogP contribution < -0.4 is 5.32 Å². The van der Waals surface area contributed by atoms with Crippen LogP contribution in [0.5, 0.6) is 0 Å². The first kappa shape index (κ1) is 15.4.